The van der Waals surface area contributed by atoms with E-state index in [1.54, 1.807) is 6.07 Å². The Hall–Kier alpha value is -2.16. The van der Waals surface area contributed by atoms with Gasteiger partial charge < -0.3 is 14.8 Å². The van der Waals surface area contributed by atoms with E-state index in [1.165, 1.54) is 16.9 Å². The van der Waals surface area contributed by atoms with E-state index in [1.807, 2.05) is 0 Å². The normalized spacial score (nSPS) is 10.4. The fraction of sp³-hybridized carbons (Fsp3) is 0.200. The third-order valence-corrected chi connectivity index (χ3v) is 2.61. The van der Waals surface area contributed by atoms with Gasteiger partial charge in [0.2, 0.25) is 0 Å². The number of hydrogen-bond donors (Lipinski definition) is 2. The van der Waals surface area contributed by atoms with Crippen LogP contribution in [-0.2, 0) is 6.54 Å². The molecular weight excluding hydrogens is 320 g/mol. The summed E-state index contributed by atoms with van der Waals surface area (Å²) in [5.41, 5.74) is -0.138. The van der Waals surface area contributed by atoms with Crippen LogP contribution in [-0.4, -0.2) is 38.5 Å². The molecule has 0 fully saturated rings. The van der Waals surface area contributed by atoms with Crippen molar-refractivity contribution in [3.8, 4) is 0 Å². The van der Waals surface area contributed by atoms with E-state index in [0.29, 0.717) is 11.2 Å². The van der Waals surface area contributed by atoms with Crippen LogP contribution in [0.3, 0.4) is 0 Å². The van der Waals surface area contributed by atoms with Crippen LogP contribution >= 0.6 is 15.9 Å². The molecule has 0 spiro atoms. The van der Waals surface area contributed by atoms with Gasteiger partial charge >= 0.3 is 5.97 Å². The van der Waals surface area contributed by atoms with E-state index in [2.05, 4.69) is 31.6 Å². The van der Waals surface area contributed by atoms with E-state index in [4.69, 9.17) is 9.52 Å². The van der Waals surface area contributed by atoms with Gasteiger partial charge in [-0.2, -0.15) is 0 Å². The molecule has 0 bridgehead atoms. The number of aromatic nitrogens is 3. The first kappa shape index (κ1) is 13.3. The number of carboxylic acid groups (broad SMARTS) is 1. The van der Waals surface area contributed by atoms with Crippen LogP contribution in [0.4, 0.5) is 0 Å². The number of furan rings is 1. The standard InChI is InChI=1S/C10H9BrN4O4/c11-8-2-1-7(19-8)9(16)12-3-4-15-5-6(10(17)18)13-14-15/h1-2,5H,3-4H2,(H,12,16)(H,17,18). The number of rotatable bonds is 5. The number of nitrogens with zero attached hydrogens (tertiary/aromatic N) is 3. The highest BCUT2D eigenvalue weighted by molar-refractivity contribution is 9.10. The van der Waals surface area contributed by atoms with Crippen molar-refractivity contribution in [1.29, 1.82) is 0 Å². The van der Waals surface area contributed by atoms with Crippen molar-refractivity contribution in [3.05, 3.63) is 34.5 Å². The van der Waals surface area contributed by atoms with Gasteiger partial charge in [0.1, 0.15) is 0 Å². The Labute approximate surface area is 115 Å². The second-order valence-electron chi connectivity index (χ2n) is 3.53. The summed E-state index contributed by atoms with van der Waals surface area (Å²) in [4.78, 5) is 22.2. The third-order valence-electron chi connectivity index (χ3n) is 2.18. The Morgan fingerprint density at radius 3 is 2.84 bits per heavy atom. The maximum atomic E-state index is 11.6. The van der Waals surface area contributed by atoms with Gasteiger partial charge in [0.25, 0.3) is 5.91 Å². The minimum atomic E-state index is -1.14. The molecule has 2 heterocycles. The summed E-state index contributed by atoms with van der Waals surface area (Å²) >= 11 is 3.10. The first-order chi connectivity index (χ1) is 9.06. The highest BCUT2D eigenvalue weighted by atomic mass is 79.9. The number of aromatic carboxylic acids is 1. The van der Waals surface area contributed by atoms with Crippen LogP contribution in [0.1, 0.15) is 21.0 Å². The third kappa shape index (κ3) is 3.41. The lowest BCUT2D eigenvalue weighted by atomic mass is 10.4. The lowest BCUT2D eigenvalue weighted by Gasteiger charge is -2.02. The monoisotopic (exact) mass is 328 g/mol. The molecular formula is C10H9BrN4O4. The highest BCUT2D eigenvalue weighted by Gasteiger charge is 2.11. The molecule has 2 aromatic rings. The largest absolute Gasteiger partial charge is 0.476 e. The van der Waals surface area contributed by atoms with E-state index >= 15 is 0 Å². The molecule has 100 valence electrons. The molecule has 0 aliphatic rings. The van der Waals surface area contributed by atoms with E-state index in [-0.39, 0.29) is 23.9 Å². The van der Waals surface area contributed by atoms with E-state index in [0.717, 1.165) is 0 Å². The predicted octanol–water partition coefficient (Wildman–Crippen LogP) is 0.762. The van der Waals surface area contributed by atoms with E-state index in [9.17, 15) is 9.59 Å². The van der Waals surface area contributed by atoms with Crippen molar-refractivity contribution in [2.45, 2.75) is 6.54 Å². The number of halogens is 1. The average Bonchev–Trinajstić information content (AvgIpc) is 2.98. The number of hydrogen-bond acceptors (Lipinski definition) is 5. The molecule has 0 saturated heterocycles. The van der Waals surface area contributed by atoms with Crippen molar-refractivity contribution in [1.82, 2.24) is 20.3 Å². The molecule has 9 heteroatoms. The molecule has 2 rings (SSSR count). The lowest BCUT2D eigenvalue weighted by Crippen LogP contribution is -2.27. The summed E-state index contributed by atoms with van der Waals surface area (Å²) in [5.74, 6) is -1.31. The number of nitrogens with one attached hydrogen (secondary N) is 1. The smallest absolute Gasteiger partial charge is 0.358 e. The van der Waals surface area contributed by atoms with Crippen LogP contribution in [0.5, 0.6) is 0 Å². The predicted molar refractivity (Wildman–Crippen MR) is 65.7 cm³/mol. The first-order valence-corrected chi connectivity index (χ1v) is 6.02. The topological polar surface area (TPSA) is 110 Å². The van der Waals surface area contributed by atoms with Gasteiger partial charge in [-0.3, -0.25) is 4.79 Å². The number of amides is 1. The van der Waals surface area contributed by atoms with Gasteiger partial charge in [0.15, 0.2) is 16.1 Å². The fourth-order valence-corrected chi connectivity index (χ4v) is 1.62. The maximum absolute atomic E-state index is 11.6. The first-order valence-electron chi connectivity index (χ1n) is 5.23. The quantitative estimate of drug-likeness (QED) is 0.838. The number of carboxylic acids is 1. The Bertz CT molecular complexity index is 606. The molecule has 0 radical (unpaired) electrons. The Balaban J connectivity index is 1.83. The minimum absolute atomic E-state index is 0.138. The molecule has 0 aliphatic carbocycles. The highest BCUT2D eigenvalue weighted by Crippen LogP contribution is 2.13. The molecule has 0 aliphatic heterocycles. The second kappa shape index (κ2) is 5.65. The fourth-order valence-electron chi connectivity index (χ4n) is 1.31. The Kier molecular flexibility index (Phi) is 3.95. The molecule has 1 amide bonds. The summed E-state index contributed by atoms with van der Waals surface area (Å²) in [6.07, 6.45) is 1.29. The maximum Gasteiger partial charge on any atom is 0.358 e. The van der Waals surface area contributed by atoms with Crippen LogP contribution in [0.15, 0.2) is 27.4 Å². The summed E-state index contributed by atoms with van der Waals surface area (Å²) in [6, 6.07) is 3.16. The van der Waals surface area contributed by atoms with Crippen molar-refractivity contribution in [2.24, 2.45) is 0 Å². The molecule has 8 nitrogen and oxygen atoms in total. The minimum Gasteiger partial charge on any atom is -0.476 e. The van der Waals surface area contributed by atoms with Crippen LogP contribution in [0.2, 0.25) is 0 Å². The van der Waals surface area contributed by atoms with Gasteiger partial charge in [-0.15, -0.1) is 5.10 Å². The molecule has 0 saturated carbocycles. The summed E-state index contributed by atoms with van der Waals surface area (Å²) < 4.78 is 6.88. The molecule has 0 atom stereocenters. The van der Waals surface area contributed by atoms with Crippen molar-refractivity contribution in [3.63, 3.8) is 0 Å². The zero-order chi connectivity index (χ0) is 13.8. The van der Waals surface area contributed by atoms with Gasteiger partial charge in [-0.25, -0.2) is 9.48 Å². The average molecular weight is 329 g/mol. The zero-order valence-electron chi connectivity index (χ0n) is 9.54. The molecule has 2 aromatic heterocycles. The Morgan fingerprint density at radius 2 is 2.26 bits per heavy atom. The van der Waals surface area contributed by atoms with Gasteiger partial charge in [-0.1, -0.05) is 5.21 Å². The summed E-state index contributed by atoms with van der Waals surface area (Å²) in [6.45, 7) is 0.591. The van der Waals surface area contributed by atoms with Gasteiger partial charge in [-0.05, 0) is 28.1 Å². The SMILES string of the molecule is O=C(O)c1cn(CCNC(=O)c2ccc(Br)o2)nn1. The lowest BCUT2D eigenvalue weighted by molar-refractivity contribution is 0.0690. The van der Waals surface area contributed by atoms with Gasteiger partial charge in [0, 0.05) is 6.54 Å². The molecule has 0 unspecified atom stereocenters. The van der Waals surface area contributed by atoms with Crippen molar-refractivity contribution >= 4 is 27.8 Å². The zero-order valence-corrected chi connectivity index (χ0v) is 11.1. The van der Waals surface area contributed by atoms with Crippen molar-refractivity contribution in [2.75, 3.05) is 6.54 Å². The van der Waals surface area contributed by atoms with E-state index < -0.39 is 5.97 Å². The van der Waals surface area contributed by atoms with Crippen LogP contribution < -0.4 is 5.32 Å². The summed E-state index contributed by atoms with van der Waals surface area (Å²) in [5, 5.41) is 18.3. The Morgan fingerprint density at radius 1 is 1.47 bits per heavy atom. The van der Waals surface area contributed by atoms with Gasteiger partial charge in [0.05, 0.1) is 12.7 Å². The number of carbonyl (C=O) groups excluding carboxylic acids is 1. The van der Waals surface area contributed by atoms with Crippen LogP contribution in [0, 0.1) is 0 Å². The molecule has 0 aromatic carbocycles. The van der Waals surface area contributed by atoms with Crippen LogP contribution in [0.25, 0.3) is 0 Å². The number of carbonyl (C=O) groups is 2. The summed E-state index contributed by atoms with van der Waals surface area (Å²) in [7, 11) is 0. The molecule has 19 heavy (non-hydrogen) atoms. The molecule has 2 N–H and O–H groups in total. The van der Waals surface area contributed by atoms with Crippen molar-refractivity contribution < 1.29 is 19.1 Å². The second-order valence-corrected chi connectivity index (χ2v) is 4.31.